The molecule has 0 unspecified atom stereocenters. The number of aryl methyl sites for hydroxylation is 1. The van der Waals surface area contributed by atoms with Gasteiger partial charge in [0.25, 0.3) is 0 Å². The van der Waals surface area contributed by atoms with Crippen molar-refractivity contribution in [3.63, 3.8) is 0 Å². The zero-order valence-corrected chi connectivity index (χ0v) is 14.6. The number of rotatable bonds is 3. The highest BCUT2D eigenvalue weighted by molar-refractivity contribution is 6.50. The second-order valence-electron chi connectivity index (χ2n) is 6.34. The summed E-state index contributed by atoms with van der Waals surface area (Å²) in [4.78, 5) is 2.40. The number of likely N-dealkylation sites (tertiary alicyclic amines) is 1. The molecule has 0 spiro atoms. The largest absolute Gasteiger partial charge is 0.281 e. The summed E-state index contributed by atoms with van der Waals surface area (Å²) in [5, 5.41) is 0. The van der Waals surface area contributed by atoms with Crippen LogP contribution in [-0.4, -0.2) is 15.3 Å². The van der Waals surface area contributed by atoms with Crippen molar-refractivity contribution in [2.75, 3.05) is 0 Å². The molecule has 2 atom stereocenters. The molecule has 0 aromatic heterocycles. The van der Waals surface area contributed by atoms with Gasteiger partial charge >= 0.3 is 0 Å². The zero-order valence-electron chi connectivity index (χ0n) is 13.1. The highest BCUT2D eigenvalue weighted by atomic mass is 35.5. The Bertz CT molecular complexity index is 634. The van der Waals surface area contributed by atoms with Gasteiger partial charge in [-0.05, 0) is 31.9 Å². The lowest BCUT2D eigenvalue weighted by atomic mass is 9.80. The quantitative estimate of drug-likeness (QED) is 0.653. The van der Waals surface area contributed by atoms with Crippen molar-refractivity contribution < 1.29 is 0 Å². The first-order chi connectivity index (χ1) is 10.4. The summed E-state index contributed by atoms with van der Waals surface area (Å²) in [7, 11) is 0. The molecular weight excluding hydrogens is 313 g/mol. The van der Waals surface area contributed by atoms with Gasteiger partial charge in [0.2, 0.25) is 0 Å². The van der Waals surface area contributed by atoms with E-state index < -0.39 is 4.33 Å². The minimum absolute atomic E-state index is 0.0154. The third-order valence-corrected chi connectivity index (χ3v) is 5.26. The smallest absolute Gasteiger partial charge is 0.157 e. The monoisotopic (exact) mass is 333 g/mol. The molecule has 0 radical (unpaired) electrons. The molecule has 1 heterocycles. The molecule has 1 fully saturated rings. The van der Waals surface area contributed by atoms with E-state index in [0.29, 0.717) is 6.04 Å². The fourth-order valence-electron chi connectivity index (χ4n) is 3.38. The topological polar surface area (TPSA) is 3.24 Å². The maximum Gasteiger partial charge on any atom is 0.157 e. The van der Waals surface area contributed by atoms with Crippen LogP contribution in [0.3, 0.4) is 0 Å². The lowest BCUT2D eigenvalue weighted by molar-refractivity contribution is -0.0298. The van der Waals surface area contributed by atoms with Gasteiger partial charge in [-0.2, -0.15) is 0 Å². The number of hydrogen-bond donors (Lipinski definition) is 0. The minimum Gasteiger partial charge on any atom is -0.281 e. The average Bonchev–Trinajstić information content (AvgIpc) is 2.48. The summed E-state index contributed by atoms with van der Waals surface area (Å²) in [5.41, 5.74) is 3.59. The van der Waals surface area contributed by atoms with Gasteiger partial charge in [0.15, 0.2) is 4.33 Å². The molecule has 116 valence electrons. The van der Waals surface area contributed by atoms with Crippen LogP contribution in [0.25, 0.3) is 0 Å². The van der Waals surface area contributed by atoms with Crippen molar-refractivity contribution in [3.05, 3.63) is 71.3 Å². The summed E-state index contributed by atoms with van der Waals surface area (Å²) >= 11 is 13.6. The van der Waals surface area contributed by atoms with Crippen molar-refractivity contribution in [1.82, 2.24) is 4.90 Å². The molecule has 2 aromatic carbocycles. The highest BCUT2D eigenvalue weighted by Gasteiger charge is 2.60. The first-order valence-electron chi connectivity index (χ1n) is 7.69. The van der Waals surface area contributed by atoms with E-state index in [2.05, 4.69) is 62.1 Å². The van der Waals surface area contributed by atoms with Crippen molar-refractivity contribution in [1.29, 1.82) is 0 Å². The van der Waals surface area contributed by atoms with E-state index in [1.165, 1.54) is 16.7 Å². The Kier molecular flexibility index (Phi) is 4.24. The van der Waals surface area contributed by atoms with Gasteiger partial charge in [-0.15, -0.1) is 0 Å². The Hall–Kier alpha value is -1.02. The average molecular weight is 334 g/mol. The maximum absolute atomic E-state index is 6.81. The van der Waals surface area contributed by atoms with Crippen molar-refractivity contribution in [2.24, 2.45) is 0 Å². The molecule has 1 aliphatic heterocycles. The van der Waals surface area contributed by atoms with Crippen LogP contribution >= 0.6 is 23.2 Å². The molecular formula is C19H21Cl2N. The molecule has 3 rings (SSSR count). The number of benzene rings is 2. The predicted molar refractivity (Wildman–Crippen MR) is 94.5 cm³/mol. The van der Waals surface area contributed by atoms with Crippen LogP contribution in [0.15, 0.2) is 54.6 Å². The van der Waals surface area contributed by atoms with E-state index in [4.69, 9.17) is 23.2 Å². The van der Waals surface area contributed by atoms with E-state index in [-0.39, 0.29) is 12.1 Å². The molecule has 0 aliphatic carbocycles. The van der Waals surface area contributed by atoms with Gasteiger partial charge in [0.05, 0.1) is 12.1 Å². The Balaban J connectivity index is 2.00. The molecule has 0 saturated carbocycles. The van der Waals surface area contributed by atoms with Gasteiger partial charge in [-0.3, -0.25) is 4.90 Å². The number of alkyl halides is 2. The Labute approximate surface area is 142 Å². The third-order valence-electron chi connectivity index (χ3n) is 4.43. The van der Waals surface area contributed by atoms with E-state index in [0.717, 1.165) is 0 Å². The zero-order chi connectivity index (χ0) is 15.9. The molecule has 1 saturated heterocycles. The molecule has 3 heteroatoms. The molecule has 0 N–H and O–H groups in total. The summed E-state index contributed by atoms with van der Waals surface area (Å²) < 4.78 is -0.819. The van der Waals surface area contributed by atoms with Gasteiger partial charge < -0.3 is 0 Å². The SMILES string of the molecule is Cc1ccc([C@@H]2N(C(C)C)[C@H](c3ccccc3)C2(Cl)Cl)cc1. The molecule has 22 heavy (non-hydrogen) atoms. The Morgan fingerprint density at radius 1 is 0.864 bits per heavy atom. The standard InChI is InChI=1S/C19H21Cl2N/c1-13(2)22-17(15-7-5-4-6-8-15)19(20,21)18(22)16-11-9-14(3)10-12-16/h4-13,17-18H,1-3H3/t17-,18+/m1/s1. The van der Waals surface area contributed by atoms with Crippen LogP contribution in [0.4, 0.5) is 0 Å². The summed E-state index contributed by atoms with van der Waals surface area (Å²) in [6.45, 7) is 6.48. The normalized spacial score (nSPS) is 24.3. The molecule has 0 amide bonds. The van der Waals surface area contributed by atoms with Crippen LogP contribution in [0, 0.1) is 6.92 Å². The van der Waals surface area contributed by atoms with Crippen LogP contribution < -0.4 is 0 Å². The summed E-state index contributed by atoms with van der Waals surface area (Å²) in [5.74, 6) is 0. The van der Waals surface area contributed by atoms with E-state index in [9.17, 15) is 0 Å². The Morgan fingerprint density at radius 2 is 1.36 bits per heavy atom. The third kappa shape index (κ3) is 2.56. The van der Waals surface area contributed by atoms with E-state index in [1.54, 1.807) is 0 Å². The molecule has 2 aromatic rings. The van der Waals surface area contributed by atoms with Crippen LogP contribution in [0.2, 0.25) is 0 Å². The summed E-state index contributed by atoms with van der Waals surface area (Å²) in [6.07, 6.45) is 0. The first-order valence-corrected chi connectivity index (χ1v) is 8.45. The fourth-order valence-corrected chi connectivity index (χ4v) is 4.34. The fraction of sp³-hybridized carbons (Fsp3) is 0.368. The van der Waals surface area contributed by atoms with Crippen molar-refractivity contribution >= 4 is 23.2 Å². The highest BCUT2D eigenvalue weighted by Crippen LogP contribution is 2.62. The van der Waals surface area contributed by atoms with Crippen LogP contribution in [-0.2, 0) is 0 Å². The van der Waals surface area contributed by atoms with Crippen molar-refractivity contribution in [3.8, 4) is 0 Å². The van der Waals surface area contributed by atoms with Gasteiger partial charge in [0, 0.05) is 6.04 Å². The van der Waals surface area contributed by atoms with Crippen LogP contribution in [0.5, 0.6) is 0 Å². The molecule has 1 aliphatic rings. The van der Waals surface area contributed by atoms with Crippen LogP contribution in [0.1, 0.15) is 42.6 Å². The lowest BCUT2D eigenvalue weighted by Crippen LogP contribution is -2.61. The Morgan fingerprint density at radius 3 is 1.86 bits per heavy atom. The second kappa shape index (κ2) is 5.88. The number of nitrogens with zero attached hydrogens (tertiary/aromatic N) is 1. The molecule has 0 bridgehead atoms. The van der Waals surface area contributed by atoms with E-state index >= 15 is 0 Å². The number of hydrogen-bond acceptors (Lipinski definition) is 1. The summed E-state index contributed by atoms with van der Waals surface area (Å²) in [6, 6.07) is 19.2. The van der Waals surface area contributed by atoms with E-state index in [1.807, 2.05) is 18.2 Å². The lowest BCUT2D eigenvalue weighted by Gasteiger charge is -2.59. The van der Waals surface area contributed by atoms with Gasteiger partial charge in [-0.25, -0.2) is 0 Å². The second-order valence-corrected chi connectivity index (χ2v) is 7.79. The maximum atomic E-state index is 6.81. The van der Waals surface area contributed by atoms with Gasteiger partial charge in [0.1, 0.15) is 0 Å². The number of halogens is 2. The molecule has 1 nitrogen and oxygen atoms in total. The predicted octanol–water partition coefficient (Wildman–Crippen LogP) is 5.68. The minimum atomic E-state index is -0.819. The van der Waals surface area contributed by atoms with Crippen molar-refractivity contribution in [2.45, 2.75) is 43.2 Å². The van der Waals surface area contributed by atoms with Gasteiger partial charge in [-0.1, -0.05) is 83.4 Å². The first kappa shape index (κ1) is 15.9.